The highest BCUT2D eigenvalue weighted by Crippen LogP contribution is 2.20. The Morgan fingerprint density at radius 1 is 0.737 bits per heavy atom. The Bertz CT molecular complexity index is 225. The molecule has 0 bridgehead atoms. The third kappa shape index (κ3) is 6.27. The molecule has 3 unspecified atom stereocenters. The second-order valence-corrected chi connectivity index (χ2v) is 6.87. The molecule has 3 atom stereocenters. The Kier molecular flexibility index (Phi) is 8.93. The van der Waals surface area contributed by atoms with Crippen LogP contribution in [-0.2, 0) is 0 Å². The van der Waals surface area contributed by atoms with E-state index in [0.717, 1.165) is 0 Å². The minimum atomic E-state index is 0.628. The average Bonchev–Trinajstić information content (AvgIpc) is 2.27. The van der Waals surface area contributed by atoms with Crippen molar-refractivity contribution in [2.75, 3.05) is 7.05 Å². The van der Waals surface area contributed by atoms with Crippen molar-refractivity contribution in [3.8, 4) is 0 Å². The summed E-state index contributed by atoms with van der Waals surface area (Å²) in [5, 5.41) is 0. The zero-order chi connectivity index (χ0) is 15.2. The fourth-order valence-corrected chi connectivity index (χ4v) is 3.31. The lowest BCUT2D eigenvalue weighted by molar-refractivity contribution is 0.0773. The van der Waals surface area contributed by atoms with Crippen LogP contribution in [0.4, 0.5) is 0 Å². The maximum atomic E-state index is 2.70. The second kappa shape index (κ2) is 8.97. The number of rotatable bonds is 9. The van der Waals surface area contributed by atoms with E-state index in [9.17, 15) is 0 Å². The van der Waals surface area contributed by atoms with Crippen molar-refractivity contribution >= 4 is 0 Å². The van der Waals surface area contributed by atoms with Gasteiger partial charge >= 0.3 is 0 Å². The molecule has 0 aliphatic heterocycles. The van der Waals surface area contributed by atoms with Gasteiger partial charge in [-0.25, -0.2) is 0 Å². The van der Waals surface area contributed by atoms with Crippen LogP contribution in [0.15, 0.2) is 0 Å². The Labute approximate surface area is 122 Å². The van der Waals surface area contributed by atoms with E-state index in [0.29, 0.717) is 30.2 Å². The van der Waals surface area contributed by atoms with E-state index in [4.69, 9.17) is 0 Å². The van der Waals surface area contributed by atoms with Crippen LogP contribution in [-0.4, -0.2) is 47.1 Å². The van der Waals surface area contributed by atoms with Crippen LogP contribution in [0.1, 0.15) is 74.7 Å². The number of hydrogen-bond donors (Lipinski definition) is 0. The van der Waals surface area contributed by atoms with Crippen molar-refractivity contribution in [1.29, 1.82) is 0 Å². The van der Waals surface area contributed by atoms with E-state index in [1.54, 1.807) is 0 Å². The third-order valence-corrected chi connectivity index (χ3v) is 4.51. The minimum absolute atomic E-state index is 0.628. The van der Waals surface area contributed by atoms with Crippen molar-refractivity contribution in [3.63, 3.8) is 0 Å². The van der Waals surface area contributed by atoms with Gasteiger partial charge in [0.15, 0.2) is 0 Å². The van der Waals surface area contributed by atoms with Crippen molar-refractivity contribution in [2.24, 2.45) is 0 Å². The molecule has 2 nitrogen and oxygen atoms in total. The van der Waals surface area contributed by atoms with Gasteiger partial charge in [-0.2, -0.15) is 0 Å². The smallest absolute Gasteiger partial charge is 0.00872 e. The Hall–Kier alpha value is -0.0800. The van der Waals surface area contributed by atoms with Crippen LogP contribution >= 0.6 is 0 Å². The Balaban J connectivity index is 4.60. The quantitative estimate of drug-likeness (QED) is 0.613. The molecule has 0 heterocycles. The molecule has 19 heavy (non-hydrogen) atoms. The number of nitrogens with zero attached hydrogens (tertiary/aromatic N) is 2. The van der Waals surface area contributed by atoms with Gasteiger partial charge < -0.3 is 4.90 Å². The molecule has 0 spiro atoms. The molecule has 0 saturated carbocycles. The summed E-state index contributed by atoms with van der Waals surface area (Å²) in [6, 6.07) is 3.25. The highest BCUT2D eigenvalue weighted by Gasteiger charge is 2.25. The fraction of sp³-hybridized carbons (Fsp3) is 1.00. The molecule has 0 rings (SSSR count). The first-order valence-corrected chi connectivity index (χ1v) is 8.21. The van der Waals surface area contributed by atoms with Gasteiger partial charge in [0.05, 0.1) is 0 Å². The van der Waals surface area contributed by atoms with Crippen LogP contribution in [0.5, 0.6) is 0 Å². The van der Waals surface area contributed by atoms with Gasteiger partial charge in [-0.1, -0.05) is 13.3 Å². The normalized spacial score (nSPS) is 17.5. The molecule has 0 aliphatic rings. The minimum Gasteiger partial charge on any atom is -0.301 e. The molecule has 0 saturated heterocycles. The molecule has 2 heteroatoms. The van der Waals surface area contributed by atoms with Crippen LogP contribution < -0.4 is 0 Å². The van der Waals surface area contributed by atoms with E-state index in [1.165, 1.54) is 19.3 Å². The van der Waals surface area contributed by atoms with Crippen LogP contribution in [0.3, 0.4) is 0 Å². The summed E-state index contributed by atoms with van der Waals surface area (Å²) in [5.41, 5.74) is 0. The lowest BCUT2D eigenvalue weighted by Crippen LogP contribution is -2.48. The monoisotopic (exact) mass is 270 g/mol. The molecule has 0 aromatic rings. The average molecular weight is 271 g/mol. The summed E-state index contributed by atoms with van der Waals surface area (Å²) in [7, 11) is 2.25. The third-order valence-electron chi connectivity index (χ3n) is 4.51. The van der Waals surface area contributed by atoms with Gasteiger partial charge in [0.2, 0.25) is 0 Å². The van der Waals surface area contributed by atoms with E-state index >= 15 is 0 Å². The molecule has 0 aromatic carbocycles. The topological polar surface area (TPSA) is 6.48 Å². The summed E-state index contributed by atoms with van der Waals surface area (Å²) in [6.45, 7) is 18.7. The summed E-state index contributed by atoms with van der Waals surface area (Å²) in [5.74, 6) is 0. The molecule has 0 radical (unpaired) electrons. The fourth-order valence-electron chi connectivity index (χ4n) is 3.31. The van der Waals surface area contributed by atoms with E-state index in [2.05, 4.69) is 72.2 Å². The Morgan fingerprint density at radius 3 is 1.63 bits per heavy atom. The number of hydrogen-bond acceptors (Lipinski definition) is 2. The first kappa shape index (κ1) is 18.9. The van der Waals surface area contributed by atoms with Gasteiger partial charge in [0.25, 0.3) is 0 Å². The highest BCUT2D eigenvalue weighted by molar-refractivity contribution is 4.81. The zero-order valence-electron chi connectivity index (χ0n) is 14.9. The molecule has 0 aromatic heterocycles. The van der Waals surface area contributed by atoms with Crippen molar-refractivity contribution < 1.29 is 0 Å². The van der Waals surface area contributed by atoms with Gasteiger partial charge in [-0.15, -0.1) is 0 Å². The second-order valence-electron chi connectivity index (χ2n) is 6.87. The van der Waals surface area contributed by atoms with Crippen LogP contribution in [0, 0.1) is 0 Å². The summed E-state index contributed by atoms with van der Waals surface area (Å²) in [6.07, 6.45) is 3.83. The maximum absolute atomic E-state index is 2.70. The van der Waals surface area contributed by atoms with Gasteiger partial charge in [-0.05, 0) is 68.4 Å². The predicted octanol–water partition coefficient (Wildman–Crippen LogP) is 4.39. The van der Waals surface area contributed by atoms with Crippen molar-refractivity contribution in [3.05, 3.63) is 0 Å². The molecule has 116 valence electrons. The lowest BCUT2D eigenvalue weighted by atomic mass is 10.0. The van der Waals surface area contributed by atoms with Crippen molar-refractivity contribution in [1.82, 2.24) is 9.80 Å². The SMILES string of the molecule is CCCC(C)N(C(C)C)C(C)CC(C)N(C)C(C)C. The molecule has 0 amide bonds. The van der Waals surface area contributed by atoms with E-state index < -0.39 is 0 Å². The Morgan fingerprint density at radius 2 is 1.26 bits per heavy atom. The summed E-state index contributed by atoms with van der Waals surface area (Å²) >= 11 is 0. The molecular formula is C17H38N2. The first-order chi connectivity index (χ1) is 8.72. The first-order valence-electron chi connectivity index (χ1n) is 8.21. The summed E-state index contributed by atoms with van der Waals surface area (Å²) in [4.78, 5) is 5.19. The molecule has 0 aliphatic carbocycles. The van der Waals surface area contributed by atoms with Gasteiger partial charge in [0.1, 0.15) is 0 Å². The summed E-state index contributed by atoms with van der Waals surface area (Å²) < 4.78 is 0. The van der Waals surface area contributed by atoms with E-state index in [-0.39, 0.29) is 0 Å². The molecular weight excluding hydrogens is 232 g/mol. The van der Waals surface area contributed by atoms with E-state index in [1.807, 2.05) is 0 Å². The van der Waals surface area contributed by atoms with Crippen molar-refractivity contribution in [2.45, 2.75) is 105 Å². The van der Waals surface area contributed by atoms with Gasteiger partial charge in [0, 0.05) is 30.2 Å². The van der Waals surface area contributed by atoms with Gasteiger partial charge in [-0.3, -0.25) is 4.90 Å². The zero-order valence-corrected chi connectivity index (χ0v) is 14.9. The van der Waals surface area contributed by atoms with Crippen LogP contribution in [0.2, 0.25) is 0 Å². The predicted molar refractivity (Wildman–Crippen MR) is 87.8 cm³/mol. The molecule has 0 N–H and O–H groups in total. The largest absolute Gasteiger partial charge is 0.301 e. The standard InChI is InChI=1S/C17H38N2/c1-10-11-15(6)19(14(4)5)17(8)12-16(7)18(9)13(2)3/h13-17H,10-12H2,1-9H3. The molecule has 0 fully saturated rings. The highest BCUT2D eigenvalue weighted by atomic mass is 15.2. The van der Waals surface area contributed by atoms with Crippen LogP contribution in [0.25, 0.3) is 0 Å². The lowest BCUT2D eigenvalue weighted by Gasteiger charge is -2.40. The maximum Gasteiger partial charge on any atom is 0.00872 e.